The topological polar surface area (TPSA) is 22.1 Å². The van der Waals surface area contributed by atoms with Gasteiger partial charge in [-0.25, -0.2) is 4.98 Å². The van der Waals surface area contributed by atoms with Gasteiger partial charge < -0.3 is 4.74 Å². The second kappa shape index (κ2) is 6.57. The SMILES string of the molecule is Cc1c(OCC(C)c2ccc(C(F)(F)F)cc2)ccnc1Cl. The van der Waals surface area contributed by atoms with E-state index in [1.807, 2.05) is 6.92 Å². The number of aromatic nitrogens is 1. The summed E-state index contributed by atoms with van der Waals surface area (Å²) < 4.78 is 43.3. The molecule has 22 heavy (non-hydrogen) atoms. The van der Waals surface area contributed by atoms with Crippen molar-refractivity contribution in [2.45, 2.75) is 25.9 Å². The average molecular weight is 330 g/mol. The van der Waals surface area contributed by atoms with E-state index in [1.54, 1.807) is 19.2 Å². The maximum absolute atomic E-state index is 12.5. The van der Waals surface area contributed by atoms with Crippen molar-refractivity contribution in [2.75, 3.05) is 6.61 Å². The van der Waals surface area contributed by atoms with Gasteiger partial charge in [0.2, 0.25) is 0 Å². The van der Waals surface area contributed by atoms with Gasteiger partial charge >= 0.3 is 6.18 Å². The van der Waals surface area contributed by atoms with Crippen LogP contribution in [0.15, 0.2) is 36.5 Å². The first kappa shape index (κ1) is 16.6. The molecule has 1 atom stereocenters. The molecule has 0 N–H and O–H groups in total. The van der Waals surface area contributed by atoms with Crippen molar-refractivity contribution in [3.8, 4) is 5.75 Å². The van der Waals surface area contributed by atoms with E-state index in [0.29, 0.717) is 17.5 Å². The Morgan fingerprint density at radius 2 is 1.82 bits per heavy atom. The van der Waals surface area contributed by atoms with Crippen molar-refractivity contribution < 1.29 is 17.9 Å². The predicted molar refractivity (Wildman–Crippen MR) is 79.3 cm³/mol. The van der Waals surface area contributed by atoms with Gasteiger partial charge in [-0.15, -0.1) is 0 Å². The summed E-state index contributed by atoms with van der Waals surface area (Å²) in [6.07, 6.45) is -2.77. The first-order valence-corrected chi connectivity index (χ1v) is 7.08. The molecule has 1 unspecified atom stereocenters. The minimum Gasteiger partial charge on any atom is -0.493 e. The third-order valence-electron chi connectivity index (χ3n) is 3.39. The van der Waals surface area contributed by atoms with Gasteiger partial charge in [0.15, 0.2) is 0 Å². The van der Waals surface area contributed by atoms with Crippen LogP contribution in [0.3, 0.4) is 0 Å². The number of halogens is 4. The van der Waals surface area contributed by atoms with Crippen LogP contribution in [-0.2, 0) is 6.18 Å². The maximum Gasteiger partial charge on any atom is 0.416 e. The van der Waals surface area contributed by atoms with Crippen LogP contribution in [0.2, 0.25) is 5.15 Å². The molecule has 0 saturated carbocycles. The number of hydrogen-bond acceptors (Lipinski definition) is 2. The molecular formula is C16H15ClF3NO. The lowest BCUT2D eigenvalue weighted by atomic mass is 10.0. The normalized spacial score (nSPS) is 13.0. The van der Waals surface area contributed by atoms with Crippen molar-refractivity contribution >= 4 is 11.6 Å². The minimum absolute atomic E-state index is 0.0476. The fourth-order valence-electron chi connectivity index (χ4n) is 1.96. The van der Waals surface area contributed by atoms with Gasteiger partial charge in [-0.05, 0) is 30.7 Å². The van der Waals surface area contributed by atoms with E-state index < -0.39 is 11.7 Å². The smallest absolute Gasteiger partial charge is 0.416 e. The van der Waals surface area contributed by atoms with Crippen LogP contribution in [0.4, 0.5) is 13.2 Å². The molecular weight excluding hydrogens is 315 g/mol. The lowest BCUT2D eigenvalue weighted by Gasteiger charge is -2.16. The summed E-state index contributed by atoms with van der Waals surface area (Å²) in [5, 5.41) is 0.375. The Labute approximate surface area is 131 Å². The number of benzene rings is 1. The lowest BCUT2D eigenvalue weighted by molar-refractivity contribution is -0.137. The molecule has 0 aliphatic carbocycles. The number of alkyl halides is 3. The fourth-order valence-corrected chi connectivity index (χ4v) is 2.11. The summed E-state index contributed by atoms with van der Waals surface area (Å²) in [5.74, 6) is 0.576. The van der Waals surface area contributed by atoms with Crippen LogP contribution in [0.1, 0.15) is 29.5 Å². The van der Waals surface area contributed by atoms with Crippen molar-refractivity contribution in [3.05, 3.63) is 58.4 Å². The molecule has 0 fully saturated rings. The van der Waals surface area contributed by atoms with Gasteiger partial charge in [0.1, 0.15) is 10.9 Å². The average Bonchev–Trinajstić information content (AvgIpc) is 2.48. The quantitative estimate of drug-likeness (QED) is 0.715. The van der Waals surface area contributed by atoms with Crippen LogP contribution >= 0.6 is 11.6 Å². The number of rotatable bonds is 4. The fraction of sp³-hybridized carbons (Fsp3) is 0.312. The highest BCUT2D eigenvalue weighted by atomic mass is 35.5. The number of ether oxygens (including phenoxy) is 1. The Kier molecular flexibility index (Phi) is 4.96. The van der Waals surface area contributed by atoms with E-state index in [0.717, 1.165) is 23.3 Å². The summed E-state index contributed by atoms with van der Waals surface area (Å²) in [7, 11) is 0. The molecule has 2 rings (SSSR count). The molecule has 2 nitrogen and oxygen atoms in total. The molecule has 0 saturated heterocycles. The van der Waals surface area contributed by atoms with Gasteiger partial charge in [-0.2, -0.15) is 13.2 Å². The van der Waals surface area contributed by atoms with E-state index in [2.05, 4.69) is 4.98 Å². The Morgan fingerprint density at radius 1 is 1.18 bits per heavy atom. The van der Waals surface area contributed by atoms with E-state index in [1.165, 1.54) is 12.1 Å². The van der Waals surface area contributed by atoms with Crippen LogP contribution in [0, 0.1) is 6.92 Å². The molecule has 0 amide bonds. The van der Waals surface area contributed by atoms with Crippen LogP contribution < -0.4 is 4.74 Å². The summed E-state index contributed by atoms with van der Waals surface area (Å²) in [4.78, 5) is 3.94. The van der Waals surface area contributed by atoms with E-state index >= 15 is 0 Å². The summed E-state index contributed by atoms with van der Waals surface area (Å²) in [6, 6.07) is 6.83. The van der Waals surface area contributed by atoms with Gasteiger partial charge in [0.25, 0.3) is 0 Å². The van der Waals surface area contributed by atoms with Gasteiger partial charge in [0, 0.05) is 17.7 Å². The van der Waals surface area contributed by atoms with Gasteiger partial charge in [-0.3, -0.25) is 0 Å². The summed E-state index contributed by atoms with van der Waals surface area (Å²) in [6.45, 7) is 4.03. The predicted octanol–water partition coefficient (Wildman–Crippen LogP) is 5.24. The zero-order chi connectivity index (χ0) is 16.3. The van der Waals surface area contributed by atoms with Crippen molar-refractivity contribution in [1.29, 1.82) is 0 Å². The van der Waals surface area contributed by atoms with E-state index in [9.17, 15) is 13.2 Å². The Morgan fingerprint density at radius 3 is 2.41 bits per heavy atom. The Bertz CT molecular complexity index is 641. The molecule has 1 heterocycles. The molecule has 6 heteroatoms. The molecule has 1 aromatic carbocycles. The number of hydrogen-bond donors (Lipinski definition) is 0. The maximum atomic E-state index is 12.5. The zero-order valence-electron chi connectivity index (χ0n) is 12.1. The van der Waals surface area contributed by atoms with E-state index in [-0.39, 0.29) is 5.92 Å². The summed E-state index contributed by atoms with van der Waals surface area (Å²) in [5.41, 5.74) is 0.871. The second-order valence-corrected chi connectivity index (χ2v) is 5.41. The van der Waals surface area contributed by atoms with Crippen LogP contribution in [0.5, 0.6) is 5.75 Å². The molecule has 0 aliphatic rings. The Hall–Kier alpha value is -1.75. The van der Waals surface area contributed by atoms with Crippen molar-refractivity contribution in [2.24, 2.45) is 0 Å². The van der Waals surface area contributed by atoms with Crippen LogP contribution in [0.25, 0.3) is 0 Å². The standard InChI is InChI=1S/C16H15ClF3NO/c1-10(9-22-14-7-8-21-15(17)11(14)2)12-3-5-13(6-4-12)16(18,19)20/h3-8,10H,9H2,1-2H3. The summed E-state index contributed by atoms with van der Waals surface area (Å²) >= 11 is 5.91. The first-order chi connectivity index (χ1) is 10.3. The third-order valence-corrected chi connectivity index (χ3v) is 3.77. The monoisotopic (exact) mass is 329 g/mol. The molecule has 0 aliphatic heterocycles. The largest absolute Gasteiger partial charge is 0.493 e. The number of pyridine rings is 1. The molecule has 2 aromatic rings. The Balaban J connectivity index is 2.03. The van der Waals surface area contributed by atoms with Gasteiger partial charge in [-0.1, -0.05) is 30.7 Å². The second-order valence-electron chi connectivity index (χ2n) is 5.06. The van der Waals surface area contributed by atoms with Crippen LogP contribution in [-0.4, -0.2) is 11.6 Å². The molecule has 0 radical (unpaired) electrons. The molecule has 0 bridgehead atoms. The van der Waals surface area contributed by atoms with Crippen molar-refractivity contribution in [1.82, 2.24) is 4.98 Å². The third kappa shape index (κ3) is 3.91. The minimum atomic E-state index is -4.32. The van der Waals surface area contributed by atoms with E-state index in [4.69, 9.17) is 16.3 Å². The highest BCUT2D eigenvalue weighted by Crippen LogP contribution is 2.30. The van der Waals surface area contributed by atoms with Gasteiger partial charge in [0.05, 0.1) is 12.2 Å². The highest BCUT2D eigenvalue weighted by molar-refractivity contribution is 6.30. The molecule has 1 aromatic heterocycles. The highest BCUT2D eigenvalue weighted by Gasteiger charge is 2.30. The zero-order valence-corrected chi connectivity index (χ0v) is 12.9. The molecule has 0 spiro atoms. The lowest BCUT2D eigenvalue weighted by Crippen LogP contribution is -2.09. The number of nitrogens with zero attached hydrogens (tertiary/aromatic N) is 1. The first-order valence-electron chi connectivity index (χ1n) is 6.70. The molecule has 118 valence electrons. The van der Waals surface area contributed by atoms with Crippen molar-refractivity contribution in [3.63, 3.8) is 0 Å².